The predicted molar refractivity (Wildman–Crippen MR) is 85.5 cm³/mol. The Kier molecular flexibility index (Phi) is 5.19. The highest BCUT2D eigenvalue weighted by Gasteiger charge is 2.16. The van der Waals surface area contributed by atoms with Crippen molar-refractivity contribution in [1.82, 2.24) is 5.32 Å². The summed E-state index contributed by atoms with van der Waals surface area (Å²) in [4.78, 5) is 0. The van der Waals surface area contributed by atoms with Crippen molar-refractivity contribution in [3.05, 3.63) is 68.9 Å². The van der Waals surface area contributed by atoms with E-state index in [2.05, 4.69) is 21.2 Å². The Morgan fingerprint density at radius 2 is 1.70 bits per heavy atom. The lowest BCUT2D eigenvalue weighted by Gasteiger charge is -2.22. The van der Waals surface area contributed by atoms with Crippen molar-refractivity contribution in [2.75, 3.05) is 0 Å². The molecule has 106 valence electrons. The van der Waals surface area contributed by atoms with Gasteiger partial charge in [-0.25, -0.2) is 4.39 Å². The summed E-state index contributed by atoms with van der Waals surface area (Å²) in [7, 11) is 0. The zero-order valence-electron chi connectivity index (χ0n) is 11.3. The first kappa shape index (κ1) is 15.5. The molecule has 0 aliphatic rings. The summed E-state index contributed by atoms with van der Waals surface area (Å²) in [5.41, 5.74) is 1.65. The summed E-state index contributed by atoms with van der Waals surface area (Å²) in [6, 6.07) is 12.6. The number of halogens is 3. The molecule has 0 amide bonds. The molecule has 2 atom stereocenters. The molecular weight excluding hydrogens is 341 g/mol. The zero-order chi connectivity index (χ0) is 14.7. The van der Waals surface area contributed by atoms with Crippen molar-refractivity contribution in [3.63, 3.8) is 0 Å². The van der Waals surface area contributed by atoms with Gasteiger partial charge in [0, 0.05) is 27.1 Å². The average molecular weight is 357 g/mol. The minimum atomic E-state index is -0.209. The summed E-state index contributed by atoms with van der Waals surface area (Å²) < 4.78 is 14.7. The Hall–Kier alpha value is -0.900. The van der Waals surface area contributed by atoms with Crippen molar-refractivity contribution in [3.8, 4) is 0 Å². The van der Waals surface area contributed by atoms with Crippen LogP contribution < -0.4 is 5.32 Å². The van der Waals surface area contributed by atoms with Gasteiger partial charge in [-0.05, 0) is 43.7 Å². The summed E-state index contributed by atoms with van der Waals surface area (Å²) in [6.45, 7) is 3.96. The first-order valence-corrected chi connectivity index (χ1v) is 7.61. The van der Waals surface area contributed by atoms with E-state index >= 15 is 0 Å². The van der Waals surface area contributed by atoms with E-state index in [4.69, 9.17) is 11.6 Å². The van der Waals surface area contributed by atoms with E-state index < -0.39 is 0 Å². The van der Waals surface area contributed by atoms with Crippen LogP contribution in [-0.4, -0.2) is 0 Å². The Morgan fingerprint density at radius 1 is 1.05 bits per heavy atom. The molecule has 2 aromatic rings. The molecule has 2 aromatic carbocycles. The van der Waals surface area contributed by atoms with Crippen LogP contribution in [-0.2, 0) is 0 Å². The molecule has 0 aliphatic carbocycles. The number of hydrogen-bond donors (Lipinski definition) is 1. The molecule has 0 heterocycles. The second kappa shape index (κ2) is 6.70. The molecule has 0 radical (unpaired) electrons. The van der Waals surface area contributed by atoms with Crippen molar-refractivity contribution < 1.29 is 4.39 Å². The molecule has 1 unspecified atom stereocenters. The number of nitrogens with one attached hydrogen (secondary N) is 1. The molecule has 20 heavy (non-hydrogen) atoms. The molecule has 0 bridgehead atoms. The number of rotatable bonds is 4. The molecule has 0 saturated carbocycles. The van der Waals surface area contributed by atoms with Gasteiger partial charge in [-0.1, -0.05) is 45.7 Å². The van der Waals surface area contributed by atoms with Gasteiger partial charge in [0.05, 0.1) is 0 Å². The number of hydrogen-bond acceptors (Lipinski definition) is 1. The Balaban J connectivity index is 2.17. The first-order chi connectivity index (χ1) is 9.49. The van der Waals surface area contributed by atoms with Gasteiger partial charge in [-0.15, -0.1) is 0 Å². The second-order valence-electron chi connectivity index (χ2n) is 4.80. The maximum atomic E-state index is 13.9. The van der Waals surface area contributed by atoms with Crippen LogP contribution in [0.15, 0.2) is 46.9 Å². The van der Waals surface area contributed by atoms with Crippen LogP contribution in [0.25, 0.3) is 0 Å². The molecule has 1 nitrogen and oxygen atoms in total. The lowest BCUT2D eigenvalue weighted by Crippen LogP contribution is -2.23. The molecule has 0 aromatic heterocycles. The van der Waals surface area contributed by atoms with E-state index in [-0.39, 0.29) is 17.9 Å². The van der Waals surface area contributed by atoms with Crippen molar-refractivity contribution >= 4 is 27.5 Å². The van der Waals surface area contributed by atoms with Crippen molar-refractivity contribution in [2.24, 2.45) is 0 Å². The molecule has 0 aliphatic heterocycles. The largest absolute Gasteiger partial charge is 0.303 e. The fourth-order valence-electron chi connectivity index (χ4n) is 2.23. The van der Waals surface area contributed by atoms with Crippen LogP contribution in [0.1, 0.15) is 37.1 Å². The van der Waals surface area contributed by atoms with E-state index in [0.29, 0.717) is 5.56 Å². The molecule has 2 rings (SSSR count). The fraction of sp³-hybridized carbons (Fsp3) is 0.250. The smallest absolute Gasteiger partial charge is 0.128 e. The third kappa shape index (κ3) is 3.60. The third-order valence-electron chi connectivity index (χ3n) is 3.30. The van der Waals surface area contributed by atoms with Gasteiger partial charge in [-0.2, -0.15) is 0 Å². The highest BCUT2D eigenvalue weighted by atomic mass is 79.9. The van der Waals surface area contributed by atoms with E-state index in [1.54, 1.807) is 12.1 Å². The average Bonchev–Trinajstić information content (AvgIpc) is 2.41. The van der Waals surface area contributed by atoms with E-state index in [0.717, 1.165) is 15.1 Å². The third-order valence-corrected chi connectivity index (χ3v) is 4.13. The van der Waals surface area contributed by atoms with Gasteiger partial charge < -0.3 is 5.32 Å². The minimum Gasteiger partial charge on any atom is -0.303 e. The molecule has 0 saturated heterocycles. The van der Waals surface area contributed by atoms with Gasteiger partial charge in [0.1, 0.15) is 5.82 Å². The normalized spacial score (nSPS) is 14.1. The molecule has 0 spiro atoms. The Morgan fingerprint density at radius 3 is 2.40 bits per heavy atom. The van der Waals surface area contributed by atoms with Crippen LogP contribution in [0.2, 0.25) is 5.02 Å². The van der Waals surface area contributed by atoms with Gasteiger partial charge in [0.15, 0.2) is 0 Å². The first-order valence-electron chi connectivity index (χ1n) is 6.44. The number of benzene rings is 2. The molecular formula is C16H16BrClFN. The minimum absolute atomic E-state index is 0.0390. The molecule has 4 heteroatoms. The standard InChI is InChI=1S/C16H16BrClFN/c1-10(13-5-3-4-6-15(13)18)20-11(2)14-9-12(17)7-8-16(14)19/h3-11,20H,1-2H3/t10-,11?/m1/s1. The second-order valence-corrected chi connectivity index (χ2v) is 6.12. The van der Waals surface area contributed by atoms with Crippen LogP contribution in [0.5, 0.6) is 0 Å². The zero-order valence-corrected chi connectivity index (χ0v) is 13.7. The summed E-state index contributed by atoms with van der Waals surface area (Å²) in [5, 5.41) is 4.09. The monoisotopic (exact) mass is 355 g/mol. The highest BCUT2D eigenvalue weighted by Crippen LogP contribution is 2.27. The predicted octanol–water partition coefficient (Wildman–Crippen LogP) is 5.65. The maximum Gasteiger partial charge on any atom is 0.128 e. The SMILES string of the molecule is CC(N[C@H](C)c1ccccc1Cl)c1cc(Br)ccc1F. The van der Waals surface area contributed by atoms with Crippen LogP contribution in [0, 0.1) is 5.82 Å². The van der Waals surface area contributed by atoms with E-state index in [1.807, 2.05) is 38.1 Å². The Bertz CT molecular complexity index is 603. The summed E-state index contributed by atoms with van der Waals surface area (Å²) in [6.07, 6.45) is 0. The van der Waals surface area contributed by atoms with Gasteiger partial charge in [0.2, 0.25) is 0 Å². The molecule has 0 fully saturated rings. The lowest BCUT2D eigenvalue weighted by atomic mass is 10.0. The fourth-order valence-corrected chi connectivity index (χ4v) is 2.91. The van der Waals surface area contributed by atoms with Gasteiger partial charge >= 0.3 is 0 Å². The van der Waals surface area contributed by atoms with Crippen molar-refractivity contribution in [1.29, 1.82) is 0 Å². The van der Waals surface area contributed by atoms with E-state index in [1.165, 1.54) is 6.07 Å². The van der Waals surface area contributed by atoms with Crippen LogP contribution >= 0.6 is 27.5 Å². The van der Waals surface area contributed by atoms with E-state index in [9.17, 15) is 4.39 Å². The van der Waals surface area contributed by atoms with Gasteiger partial charge in [0.25, 0.3) is 0 Å². The van der Waals surface area contributed by atoms with Gasteiger partial charge in [-0.3, -0.25) is 0 Å². The Labute approximate surface area is 132 Å². The van der Waals surface area contributed by atoms with Crippen LogP contribution in [0.3, 0.4) is 0 Å². The van der Waals surface area contributed by atoms with Crippen molar-refractivity contribution in [2.45, 2.75) is 25.9 Å². The highest BCUT2D eigenvalue weighted by molar-refractivity contribution is 9.10. The summed E-state index contributed by atoms with van der Waals surface area (Å²) >= 11 is 9.56. The maximum absolute atomic E-state index is 13.9. The lowest BCUT2D eigenvalue weighted by molar-refractivity contribution is 0.474. The quantitative estimate of drug-likeness (QED) is 0.746. The van der Waals surface area contributed by atoms with Crippen LogP contribution in [0.4, 0.5) is 4.39 Å². The summed E-state index contributed by atoms with van der Waals surface area (Å²) in [5.74, 6) is -0.209. The molecule has 1 N–H and O–H groups in total. The topological polar surface area (TPSA) is 12.0 Å².